The van der Waals surface area contributed by atoms with Crippen LogP contribution in [0.3, 0.4) is 0 Å². The topological polar surface area (TPSA) is 0 Å². The summed E-state index contributed by atoms with van der Waals surface area (Å²) >= 11 is 0. The van der Waals surface area contributed by atoms with E-state index in [1.54, 1.807) is 0 Å². The summed E-state index contributed by atoms with van der Waals surface area (Å²) in [6.45, 7) is 2.26. The summed E-state index contributed by atoms with van der Waals surface area (Å²) in [5, 5.41) is 2.76. The number of rotatable bonds is 4. The Morgan fingerprint density at radius 1 is 0.828 bits per heavy atom. The van der Waals surface area contributed by atoms with Gasteiger partial charge in [0.1, 0.15) is 0 Å². The van der Waals surface area contributed by atoms with Gasteiger partial charge in [-0.2, -0.15) is 23.8 Å². The van der Waals surface area contributed by atoms with E-state index < -0.39 is 0 Å². The van der Waals surface area contributed by atoms with E-state index >= 15 is 0 Å². The molecule has 4 rings (SSSR count). The van der Waals surface area contributed by atoms with Crippen LogP contribution in [-0.4, -0.2) is 0 Å². The van der Waals surface area contributed by atoms with E-state index in [0.29, 0.717) is 0 Å². The van der Waals surface area contributed by atoms with E-state index in [2.05, 4.69) is 49.4 Å². The molecular formula is C28H39Hf-7. The van der Waals surface area contributed by atoms with Crippen molar-refractivity contribution < 1.29 is 25.8 Å². The van der Waals surface area contributed by atoms with Crippen molar-refractivity contribution in [3.63, 3.8) is 0 Å². The molecule has 0 aliphatic heterocycles. The average Bonchev–Trinajstić information content (AvgIpc) is 3.28. The van der Waals surface area contributed by atoms with E-state index in [9.17, 15) is 0 Å². The van der Waals surface area contributed by atoms with Gasteiger partial charge in [0.25, 0.3) is 0 Å². The van der Waals surface area contributed by atoms with Crippen LogP contribution >= 0.6 is 0 Å². The maximum absolute atomic E-state index is 3.59. The molecule has 0 unspecified atom stereocenters. The van der Waals surface area contributed by atoms with Crippen LogP contribution in [0.1, 0.15) is 43.7 Å². The predicted molar refractivity (Wildman–Crippen MR) is 133 cm³/mol. The molecule has 0 heterocycles. The third kappa shape index (κ3) is 9.34. The number of benzene rings is 2. The molecule has 1 aliphatic rings. The predicted octanol–water partition coefficient (Wildman–Crippen LogP) is 8.82. The maximum atomic E-state index is 3.59. The van der Waals surface area contributed by atoms with Gasteiger partial charge in [0.05, 0.1) is 0 Å². The molecule has 1 aliphatic carbocycles. The monoisotopic (exact) mass is 555 g/mol. The van der Waals surface area contributed by atoms with Crippen molar-refractivity contribution in [3.8, 4) is 0 Å². The number of unbranched alkanes of at least 4 members (excludes halogenated alkanes) is 2. The Bertz CT molecular complexity index is 749. The van der Waals surface area contributed by atoms with E-state index in [1.807, 2.05) is 30.3 Å². The fourth-order valence-corrected chi connectivity index (χ4v) is 3.20. The summed E-state index contributed by atoms with van der Waals surface area (Å²) in [5.41, 5.74) is 4.39. The van der Waals surface area contributed by atoms with Crippen LogP contribution in [0.4, 0.5) is 0 Å². The summed E-state index contributed by atoms with van der Waals surface area (Å²) < 4.78 is 0. The summed E-state index contributed by atoms with van der Waals surface area (Å²) in [4.78, 5) is 0. The number of fused-ring (bicyclic) bond motifs is 3. The molecule has 3 aromatic rings. The molecule has 1 heteroatoms. The van der Waals surface area contributed by atoms with E-state index in [1.165, 1.54) is 53.2 Å². The summed E-state index contributed by atoms with van der Waals surface area (Å²) in [5.74, 6) is 0. The van der Waals surface area contributed by atoms with Gasteiger partial charge >= 0.3 is 0 Å². The second-order valence-electron chi connectivity index (χ2n) is 6.07. The van der Waals surface area contributed by atoms with Crippen molar-refractivity contribution >= 4 is 16.3 Å². The molecule has 0 bridgehead atoms. The van der Waals surface area contributed by atoms with Crippen molar-refractivity contribution in [1.29, 1.82) is 0 Å². The Kier molecular flexibility index (Phi) is 22.6. The largest absolute Gasteiger partial charge is 0.358 e. The van der Waals surface area contributed by atoms with Crippen LogP contribution in [-0.2, 0) is 32.3 Å². The minimum Gasteiger partial charge on any atom is -0.358 e. The van der Waals surface area contributed by atoms with Crippen molar-refractivity contribution in [1.82, 2.24) is 0 Å². The molecule has 0 saturated carbocycles. The van der Waals surface area contributed by atoms with E-state index in [0.717, 1.165) is 6.42 Å². The molecule has 162 valence electrons. The molecule has 0 N–H and O–H groups in total. The summed E-state index contributed by atoms with van der Waals surface area (Å²) in [6.07, 6.45) is 9.69. The van der Waals surface area contributed by atoms with Gasteiger partial charge < -0.3 is 37.1 Å². The van der Waals surface area contributed by atoms with Crippen LogP contribution < -0.4 is 0 Å². The van der Waals surface area contributed by atoms with Gasteiger partial charge in [-0.25, -0.2) is 17.7 Å². The second-order valence-corrected chi connectivity index (χ2v) is 6.07. The molecule has 0 aromatic heterocycles. The van der Waals surface area contributed by atoms with Crippen LogP contribution in [0, 0.1) is 43.2 Å². The zero-order valence-electron chi connectivity index (χ0n) is 19.4. The number of allylic oxidation sites excluding steroid dienone is 2. The van der Waals surface area contributed by atoms with Crippen LogP contribution in [0.2, 0.25) is 0 Å². The molecule has 3 aromatic carbocycles. The third-order valence-corrected chi connectivity index (χ3v) is 4.40. The number of hydrogen-bond donors (Lipinski definition) is 0. The van der Waals surface area contributed by atoms with Crippen molar-refractivity contribution in [2.24, 2.45) is 0 Å². The van der Waals surface area contributed by atoms with Gasteiger partial charge in [0.2, 0.25) is 0 Å². The van der Waals surface area contributed by atoms with Gasteiger partial charge in [-0.05, 0) is 5.39 Å². The molecule has 0 nitrogen and oxygen atoms in total. The molecular weight excluding hydrogens is 515 g/mol. The second kappa shape index (κ2) is 18.7. The van der Waals surface area contributed by atoms with Gasteiger partial charge in [0, 0.05) is 25.8 Å². The van der Waals surface area contributed by atoms with Crippen molar-refractivity contribution in [2.75, 3.05) is 0 Å². The van der Waals surface area contributed by atoms with Crippen molar-refractivity contribution in [3.05, 3.63) is 121 Å². The molecule has 0 fully saturated rings. The molecule has 0 atom stereocenters. The van der Waals surface area contributed by atoms with E-state index in [-0.39, 0.29) is 63.0 Å². The first-order valence-corrected chi connectivity index (χ1v) is 8.67. The Hall–Kier alpha value is -1.34. The van der Waals surface area contributed by atoms with Crippen molar-refractivity contribution in [2.45, 2.75) is 39.0 Å². The average molecular weight is 554 g/mol. The third-order valence-electron chi connectivity index (χ3n) is 4.40. The summed E-state index contributed by atoms with van der Waals surface area (Å²) in [6, 6.07) is 23.2. The van der Waals surface area contributed by atoms with Gasteiger partial charge in [0.15, 0.2) is 0 Å². The molecule has 0 amide bonds. The summed E-state index contributed by atoms with van der Waals surface area (Å²) in [7, 11) is 0. The quantitative estimate of drug-likeness (QED) is 0.172. The van der Waals surface area contributed by atoms with Crippen LogP contribution in [0.15, 0.2) is 66.7 Å². The first kappa shape index (κ1) is 35.1. The van der Waals surface area contributed by atoms with Crippen LogP contribution in [0.5, 0.6) is 0 Å². The van der Waals surface area contributed by atoms with Crippen LogP contribution in [0.25, 0.3) is 16.3 Å². The van der Waals surface area contributed by atoms with Gasteiger partial charge in [-0.3, -0.25) is 6.08 Å². The zero-order chi connectivity index (χ0) is 15.9. The van der Waals surface area contributed by atoms with Gasteiger partial charge in [-0.1, -0.05) is 74.4 Å². The normalized spacial score (nSPS) is 9.90. The molecule has 29 heavy (non-hydrogen) atoms. The Morgan fingerprint density at radius 2 is 1.48 bits per heavy atom. The SMILES string of the molecule is CCCCCC1=[C-]Cc2ccc3ccccc3c21.[CH3-].[CH3-].[CH3-].[CH3-].[CH3-].[Hf].c1cc[cH-]c1. The maximum Gasteiger partial charge on any atom is 0 e. The minimum atomic E-state index is 0. The standard InChI is InChI=1S/C18H19.C5H5.5CH3.Hf/c1-2-3-4-8-15-12-13-16-11-10-14-7-5-6-9-17(14)18(15)16;1-2-4-5-3-1;;;;;;/h5-7,9-11H,2-4,8,13H2,1H3;1-5H;5*1H3;/q7*-1;. The Morgan fingerprint density at radius 3 is 2.07 bits per heavy atom. The number of hydrogen-bond acceptors (Lipinski definition) is 0. The zero-order valence-corrected chi connectivity index (χ0v) is 23.0. The molecule has 0 saturated heterocycles. The Labute approximate surface area is 201 Å². The minimum absolute atomic E-state index is 0. The Balaban J connectivity index is -0.000000253. The fourth-order valence-electron chi connectivity index (χ4n) is 3.20. The first-order chi connectivity index (χ1) is 11.4. The smallest absolute Gasteiger partial charge is 0 e. The van der Waals surface area contributed by atoms with E-state index in [4.69, 9.17) is 0 Å². The first-order valence-electron chi connectivity index (χ1n) is 8.67. The fraction of sp³-hybridized carbons (Fsp3) is 0.214. The molecule has 0 radical (unpaired) electrons. The molecule has 0 spiro atoms. The van der Waals surface area contributed by atoms with Gasteiger partial charge in [-0.15, -0.1) is 12.0 Å².